The van der Waals surface area contributed by atoms with Crippen molar-refractivity contribution in [3.05, 3.63) is 59.0 Å². The van der Waals surface area contributed by atoms with Gasteiger partial charge >= 0.3 is 0 Å². The Hall–Kier alpha value is -2.07. The minimum absolute atomic E-state index is 0.644. The molecule has 18 heavy (non-hydrogen) atoms. The van der Waals surface area contributed by atoms with E-state index < -0.39 is 0 Å². The van der Waals surface area contributed by atoms with E-state index in [1.807, 2.05) is 40.9 Å². The van der Waals surface area contributed by atoms with Crippen LogP contribution in [-0.4, -0.2) is 14.6 Å². The quantitative estimate of drug-likeness (QED) is 0.769. The fraction of sp³-hybridized carbons (Fsp3) is 0.0769. The van der Waals surface area contributed by atoms with E-state index in [1.165, 1.54) is 0 Å². The molecule has 0 radical (unpaired) electrons. The van der Waals surface area contributed by atoms with E-state index in [-0.39, 0.29) is 0 Å². The number of halogens is 1. The number of rotatable bonds is 2. The fourth-order valence-electron chi connectivity index (χ4n) is 1.89. The second-order valence-corrected chi connectivity index (χ2v) is 4.48. The highest BCUT2D eigenvalue weighted by Gasteiger charge is 2.08. The molecule has 0 amide bonds. The Labute approximate surface area is 109 Å². The van der Waals surface area contributed by atoms with Gasteiger partial charge in [-0.2, -0.15) is 0 Å². The van der Waals surface area contributed by atoms with Crippen LogP contribution in [0.2, 0.25) is 5.02 Å². The lowest BCUT2D eigenvalue weighted by Gasteiger charge is -2.03. The molecule has 0 aliphatic rings. The van der Waals surface area contributed by atoms with E-state index in [0.29, 0.717) is 12.1 Å². The van der Waals surface area contributed by atoms with Crippen LogP contribution in [0.25, 0.3) is 5.65 Å². The molecule has 5 heteroatoms. The second kappa shape index (κ2) is 4.31. The van der Waals surface area contributed by atoms with Gasteiger partial charge in [-0.15, -0.1) is 10.2 Å². The fourth-order valence-corrected chi connectivity index (χ4v) is 2.09. The standard InChI is InChI=1S/C13H11ClN4/c14-11-4-2-1-3-9(11)7-12-16-17-13-8-10(15)5-6-18(12)13/h1-6,8H,7,15H2. The summed E-state index contributed by atoms with van der Waals surface area (Å²) in [5, 5.41) is 9.01. The predicted molar refractivity (Wildman–Crippen MR) is 71.7 cm³/mol. The van der Waals surface area contributed by atoms with Gasteiger partial charge in [0.2, 0.25) is 0 Å². The number of hydrogen-bond acceptors (Lipinski definition) is 3. The highest BCUT2D eigenvalue weighted by atomic mass is 35.5. The molecule has 0 saturated heterocycles. The zero-order chi connectivity index (χ0) is 12.5. The number of nitrogen functional groups attached to an aromatic ring is 1. The first-order valence-electron chi connectivity index (χ1n) is 5.56. The highest BCUT2D eigenvalue weighted by Crippen LogP contribution is 2.19. The molecule has 4 nitrogen and oxygen atoms in total. The number of nitrogens with two attached hydrogens (primary N) is 1. The topological polar surface area (TPSA) is 56.2 Å². The van der Waals surface area contributed by atoms with E-state index in [1.54, 1.807) is 6.07 Å². The van der Waals surface area contributed by atoms with Gasteiger partial charge < -0.3 is 5.73 Å². The number of aromatic nitrogens is 3. The van der Waals surface area contributed by atoms with E-state index in [0.717, 1.165) is 22.1 Å². The van der Waals surface area contributed by atoms with Gasteiger partial charge in [0.15, 0.2) is 5.65 Å². The molecule has 90 valence electrons. The van der Waals surface area contributed by atoms with E-state index in [4.69, 9.17) is 17.3 Å². The molecule has 2 aromatic heterocycles. The monoisotopic (exact) mass is 258 g/mol. The van der Waals surface area contributed by atoms with Crippen molar-refractivity contribution >= 4 is 22.9 Å². The van der Waals surface area contributed by atoms with Crippen LogP contribution in [-0.2, 0) is 6.42 Å². The number of fused-ring (bicyclic) bond motifs is 1. The number of pyridine rings is 1. The van der Waals surface area contributed by atoms with E-state index in [2.05, 4.69) is 10.2 Å². The molecule has 0 atom stereocenters. The first-order chi connectivity index (χ1) is 8.74. The summed E-state index contributed by atoms with van der Waals surface area (Å²) in [6, 6.07) is 11.4. The van der Waals surface area contributed by atoms with Gasteiger partial charge in [0, 0.05) is 29.4 Å². The minimum atomic E-state index is 0.644. The van der Waals surface area contributed by atoms with Crippen LogP contribution in [0.15, 0.2) is 42.6 Å². The molecule has 0 spiro atoms. The van der Waals surface area contributed by atoms with Gasteiger partial charge in [-0.3, -0.25) is 4.40 Å². The Kier molecular flexibility index (Phi) is 2.64. The van der Waals surface area contributed by atoms with Crippen LogP contribution in [0.4, 0.5) is 5.69 Å². The Morgan fingerprint density at radius 3 is 2.83 bits per heavy atom. The molecule has 2 heterocycles. The Balaban J connectivity index is 2.03. The number of benzene rings is 1. The minimum Gasteiger partial charge on any atom is -0.399 e. The summed E-state index contributed by atoms with van der Waals surface area (Å²) in [5.41, 5.74) is 8.17. The summed E-state index contributed by atoms with van der Waals surface area (Å²) in [4.78, 5) is 0. The van der Waals surface area contributed by atoms with Gasteiger partial charge in [0.1, 0.15) is 5.82 Å². The third-order valence-electron chi connectivity index (χ3n) is 2.81. The lowest BCUT2D eigenvalue weighted by molar-refractivity contribution is 0.935. The maximum atomic E-state index is 6.14. The van der Waals surface area contributed by atoms with Crippen molar-refractivity contribution in [2.75, 3.05) is 5.73 Å². The van der Waals surface area contributed by atoms with Crippen molar-refractivity contribution in [2.45, 2.75) is 6.42 Å². The smallest absolute Gasteiger partial charge is 0.162 e. The third-order valence-corrected chi connectivity index (χ3v) is 3.18. The Morgan fingerprint density at radius 1 is 1.17 bits per heavy atom. The molecule has 0 fully saturated rings. The van der Waals surface area contributed by atoms with Crippen LogP contribution in [0, 0.1) is 0 Å². The van der Waals surface area contributed by atoms with Crippen molar-refractivity contribution in [3.63, 3.8) is 0 Å². The number of anilines is 1. The molecular formula is C13H11ClN4. The Bertz CT molecular complexity index is 705. The van der Waals surface area contributed by atoms with Crippen LogP contribution < -0.4 is 5.73 Å². The maximum Gasteiger partial charge on any atom is 0.162 e. The summed E-state index contributed by atoms with van der Waals surface area (Å²) >= 11 is 6.14. The van der Waals surface area contributed by atoms with Crippen molar-refractivity contribution in [2.24, 2.45) is 0 Å². The SMILES string of the molecule is Nc1ccn2c(Cc3ccccc3Cl)nnc2c1. The van der Waals surface area contributed by atoms with Crippen LogP contribution >= 0.6 is 11.6 Å². The summed E-state index contributed by atoms with van der Waals surface area (Å²) in [7, 11) is 0. The number of hydrogen-bond donors (Lipinski definition) is 1. The molecule has 1 aromatic carbocycles. The highest BCUT2D eigenvalue weighted by molar-refractivity contribution is 6.31. The maximum absolute atomic E-state index is 6.14. The lowest BCUT2D eigenvalue weighted by Crippen LogP contribution is -1.97. The molecule has 0 unspecified atom stereocenters. The van der Waals surface area contributed by atoms with Crippen LogP contribution in [0.1, 0.15) is 11.4 Å². The Morgan fingerprint density at radius 2 is 2.00 bits per heavy atom. The van der Waals surface area contributed by atoms with Gasteiger partial charge in [-0.1, -0.05) is 29.8 Å². The first kappa shape index (κ1) is 11.0. The molecule has 2 N–H and O–H groups in total. The molecule has 3 aromatic rings. The normalized spacial score (nSPS) is 10.9. The molecule has 0 aliphatic carbocycles. The zero-order valence-corrected chi connectivity index (χ0v) is 10.3. The predicted octanol–water partition coefficient (Wildman–Crippen LogP) is 2.56. The molecule has 0 saturated carbocycles. The molecule has 0 bridgehead atoms. The van der Waals surface area contributed by atoms with Crippen molar-refractivity contribution < 1.29 is 0 Å². The molecular weight excluding hydrogens is 248 g/mol. The van der Waals surface area contributed by atoms with Crippen LogP contribution in [0.3, 0.4) is 0 Å². The second-order valence-electron chi connectivity index (χ2n) is 4.07. The van der Waals surface area contributed by atoms with Crippen molar-refractivity contribution in [3.8, 4) is 0 Å². The third kappa shape index (κ3) is 1.91. The van der Waals surface area contributed by atoms with Gasteiger partial charge in [0.25, 0.3) is 0 Å². The average molecular weight is 259 g/mol. The summed E-state index contributed by atoms with van der Waals surface area (Å²) in [6.45, 7) is 0. The first-order valence-corrected chi connectivity index (χ1v) is 5.94. The largest absolute Gasteiger partial charge is 0.399 e. The van der Waals surface area contributed by atoms with Gasteiger partial charge in [0.05, 0.1) is 0 Å². The number of nitrogens with zero attached hydrogens (tertiary/aromatic N) is 3. The lowest BCUT2D eigenvalue weighted by atomic mass is 10.1. The van der Waals surface area contributed by atoms with Crippen molar-refractivity contribution in [1.29, 1.82) is 0 Å². The van der Waals surface area contributed by atoms with Crippen molar-refractivity contribution in [1.82, 2.24) is 14.6 Å². The van der Waals surface area contributed by atoms with E-state index in [9.17, 15) is 0 Å². The summed E-state index contributed by atoms with van der Waals surface area (Å²) in [6.07, 6.45) is 2.52. The summed E-state index contributed by atoms with van der Waals surface area (Å²) in [5.74, 6) is 0.845. The van der Waals surface area contributed by atoms with Crippen LogP contribution in [0.5, 0.6) is 0 Å². The van der Waals surface area contributed by atoms with E-state index >= 15 is 0 Å². The molecule has 0 aliphatic heterocycles. The molecule has 3 rings (SSSR count). The van der Waals surface area contributed by atoms with Gasteiger partial charge in [-0.25, -0.2) is 0 Å². The van der Waals surface area contributed by atoms with Gasteiger partial charge in [-0.05, 0) is 17.7 Å². The average Bonchev–Trinajstić information content (AvgIpc) is 2.74. The summed E-state index contributed by atoms with van der Waals surface area (Å²) < 4.78 is 1.92. The zero-order valence-electron chi connectivity index (χ0n) is 9.55.